The van der Waals surface area contributed by atoms with Gasteiger partial charge in [0.1, 0.15) is 6.54 Å². The molecule has 0 bridgehead atoms. The van der Waals surface area contributed by atoms with Crippen LogP contribution in [-0.2, 0) is 0 Å². The molecule has 0 atom stereocenters. The quantitative estimate of drug-likeness (QED) is 0.785. The molecule has 1 rings (SSSR count). The highest BCUT2D eigenvalue weighted by molar-refractivity contribution is 6.42. The molecule has 6 heteroatoms. The summed E-state index contributed by atoms with van der Waals surface area (Å²) in [7, 11) is 0. The number of nitrogens with zero attached hydrogens (tertiary/aromatic N) is 1. The van der Waals surface area contributed by atoms with Gasteiger partial charge in [-0.1, -0.05) is 23.2 Å². The largest absolute Gasteiger partial charge is 0.325 e. The van der Waals surface area contributed by atoms with Crippen molar-refractivity contribution in [2.75, 3.05) is 11.9 Å². The maximum atomic E-state index is 11.1. The van der Waals surface area contributed by atoms with Crippen molar-refractivity contribution < 1.29 is 4.79 Å². The van der Waals surface area contributed by atoms with Crippen LogP contribution in [0.25, 0.3) is 0 Å². The summed E-state index contributed by atoms with van der Waals surface area (Å²) in [5.74, 6) is 0. The number of halogens is 2. The van der Waals surface area contributed by atoms with E-state index >= 15 is 0 Å². The van der Waals surface area contributed by atoms with Crippen molar-refractivity contribution in [1.82, 2.24) is 5.32 Å². The highest BCUT2D eigenvalue weighted by atomic mass is 35.5. The van der Waals surface area contributed by atoms with Gasteiger partial charge in [0.2, 0.25) is 0 Å². The number of benzene rings is 1. The number of amides is 2. The zero-order valence-corrected chi connectivity index (χ0v) is 9.06. The van der Waals surface area contributed by atoms with Crippen molar-refractivity contribution >= 4 is 34.9 Å². The lowest BCUT2D eigenvalue weighted by atomic mass is 10.3. The molecule has 15 heavy (non-hydrogen) atoms. The molecule has 0 spiro atoms. The number of anilines is 1. The van der Waals surface area contributed by atoms with Gasteiger partial charge in [0.05, 0.1) is 16.1 Å². The molecular weight excluding hydrogens is 237 g/mol. The third-order valence-electron chi connectivity index (χ3n) is 1.51. The van der Waals surface area contributed by atoms with E-state index in [9.17, 15) is 4.79 Å². The lowest BCUT2D eigenvalue weighted by Crippen LogP contribution is -2.28. The van der Waals surface area contributed by atoms with Crippen molar-refractivity contribution in [2.24, 2.45) is 0 Å². The Morgan fingerprint density at radius 2 is 2.13 bits per heavy atom. The van der Waals surface area contributed by atoms with Crippen LogP contribution in [0.5, 0.6) is 0 Å². The molecule has 0 aliphatic rings. The van der Waals surface area contributed by atoms with Crippen LogP contribution in [0.1, 0.15) is 0 Å². The number of carbonyl (C=O) groups excluding carboxylic acids is 1. The van der Waals surface area contributed by atoms with Crippen LogP contribution in [0.4, 0.5) is 10.5 Å². The minimum absolute atomic E-state index is 0.0485. The lowest BCUT2D eigenvalue weighted by molar-refractivity contribution is 0.253. The number of hydrogen-bond acceptors (Lipinski definition) is 2. The van der Waals surface area contributed by atoms with Crippen LogP contribution in [0.3, 0.4) is 0 Å². The van der Waals surface area contributed by atoms with Crippen molar-refractivity contribution in [3.05, 3.63) is 28.2 Å². The van der Waals surface area contributed by atoms with Gasteiger partial charge in [-0.15, -0.1) is 0 Å². The normalized spacial score (nSPS) is 9.13. The van der Waals surface area contributed by atoms with E-state index in [1.165, 1.54) is 6.07 Å². The standard InChI is InChI=1S/C9H7Cl2N3O/c10-7-2-1-6(5-8(7)11)14-9(15)13-4-3-12/h1-2,5H,4H2,(H2,13,14,15). The van der Waals surface area contributed by atoms with Gasteiger partial charge in [0, 0.05) is 5.69 Å². The van der Waals surface area contributed by atoms with Gasteiger partial charge in [0.25, 0.3) is 0 Å². The molecule has 2 amide bonds. The Kier molecular flexibility index (Phi) is 4.22. The number of nitrogens with one attached hydrogen (secondary N) is 2. The SMILES string of the molecule is N#CCNC(=O)Nc1ccc(Cl)c(Cl)c1. The van der Waals surface area contributed by atoms with E-state index in [4.69, 9.17) is 28.5 Å². The molecule has 0 aliphatic heterocycles. The van der Waals surface area contributed by atoms with Crippen molar-refractivity contribution in [3.8, 4) is 6.07 Å². The van der Waals surface area contributed by atoms with E-state index < -0.39 is 6.03 Å². The number of urea groups is 1. The Morgan fingerprint density at radius 1 is 1.40 bits per heavy atom. The number of carbonyl (C=O) groups is 1. The average Bonchev–Trinajstić information content (AvgIpc) is 2.20. The molecule has 0 fully saturated rings. The third-order valence-corrected chi connectivity index (χ3v) is 2.24. The first kappa shape index (κ1) is 11.6. The van der Waals surface area contributed by atoms with Gasteiger partial charge in [0.15, 0.2) is 0 Å². The van der Waals surface area contributed by atoms with Gasteiger partial charge >= 0.3 is 6.03 Å². The first-order valence-corrected chi connectivity index (χ1v) is 4.76. The van der Waals surface area contributed by atoms with Gasteiger partial charge in [-0.2, -0.15) is 5.26 Å². The fourth-order valence-corrected chi connectivity index (χ4v) is 1.17. The van der Waals surface area contributed by atoms with E-state index in [0.29, 0.717) is 15.7 Å². The molecule has 1 aromatic carbocycles. The number of nitriles is 1. The molecule has 4 nitrogen and oxygen atoms in total. The number of rotatable bonds is 2. The zero-order chi connectivity index (χ0) is 11.3. The van der Waals surface area contributed by atoms with Crippen LogP contribution in [0.2, 0.25) is 10.0 Å². The van der Waals surface area contributed by atoms with Crippen LogP contribution in [-0.4, -0.2) is 12.6 Å². The van der Waals surface area contributed by atoms with Crippen LogP contribution in [0, 0.1) is 11.3 Å². The smallest absolute Gasteiger partial charge is 0.320 e. The Balaban J connectivity index is 2.62. The van der Waals surface area contributed by atoms with E-state index in [1.807, 2.05) is 0 Å². The van der Waals surface area contributed by atoms with Crippen LogP contribution in [0.15, 0.2) is 18.2 Å². The Hall–Kier alpha value is -1.44. The molecule has 1 aromatic rings. The molecule has 0 saturated heterocycles. The van der Waals surface area contributed by atoms with Crippen molar-refractivity contribution in [3.63, 3.8) is 0 Å². The third kappa shape index (κ3) is 3.66. The topological polar surface area (TPSA) is 64.9 Å². The van der Waals surface area contributed by atoms with E-state index in [2.05, 4.69) is 10.6 Å². The second kappa shape index (κ2) is 5.44. The van der Waals surface area contributed by atoms with Gasteiger partial charge in [-0.3, -0.25) is 0 Å². The molecule has 0 aromatic heterocycles. The molecule has 0 unspecified atom stereocenters. The minimum Gasteiger partial charge on any atom is -0.325 e. The Bertz CT molecular complexity index is 414. The van der Waals surface area contributed by atoms with Crippen molar-refractivity contribution in [2.45, 2.75) is 0 Å². The minimum atomic E-state index is -0.463. The van der Waals surface area contributed by atoms with E-state index in [1.54, 1.807) is 18.2 Å². The predicted molar refractivity (Wildman–Crippen MR) is 59.1 cm³/mol. The van der Waals surface area contributed by atoms with E-state index in [-0.39, 0.29) is 6.54 Å². The fourth-order valence-electron chi connectivity index (χ4n) is 0.869. The maximum Gasteiger partial charge on any atom is 0.320 e. The molecular formula is C9H7Cl2N3O. The second-order valence-electron chi connectivity index (χ2n) is 2.59. The highest BCUT2D eigenvalue weighted by Crippen LogP contribution is 2.24. The molecule has 0 aliphatic carbocycles. The lowest BCUT2D eigenvalue weighted by Gasteiger charge is -2.05. The summed E-state index contributed by atoms with van der Waals surface area (Å²) in [4.78, 5) is 11.1. The van der Waals surface area contributed by atoms with Crippen LogP contribution < -0.4 is 10.6 Å². The van der Waals surface area contributed by atoms with Crippen molar-refractivity contribution in [1.29, 1.82) is 5.26 Å². The van der Waals surface area contributed by atoms with Gasteiger partial charge in [-0.05, 0) is 18.2 Å². The molecule has 2 N–H and O–H groups in total. The number of hydrogen-bond donors (Lipinski definition) is 2. The fraction of sp³-hybridized carbons (Fsp3) is 0.111. The second-order valence-corrected chi connectivity index (χ2v) is 3.41. The monoisotopic (exact) mass is 243 g/mol. The summed E-state index contributed by atoms with van der Waals surface area (Å²) in [5.41, 5.74) is 0.514. The molecule has 78 valence electrons. The summed E-state index contributed by atoms with van der Waals surface area (Å²) in [6.07, 6.45) is 0. The molecule has 0 radical (unpaired) electrons. The zero-order valence-electron chi connectivity index (χ0n) is 7.55. The van der Waals surface area contributed by atoms with Gasteiger partial charge < -0.3 is 10.6 Å². The van der Waals surface area contributed by atoms with Crippen LogP contribution >= 0.6 is 23.2 Å². The Morgan fingerprint density at radius 3 is 2.73 bits per heavy atom. The Labute approximate surface area is 96.8 Å². The van der Waals surface area contributed by atoms with Gasteiger partial charge in [-0.25, -0.2) is 4.79 Å². The summed E-state index contributed by atoms with van der Waals surface area (Å²) < 4.78 is 0. The summed E-state index contributed by atoms with van der Waals surface area (Å²) in [6.45, 7) is -0.0485. The van der Waals surface area contributed by atoms with E-state index in [0.717, 1.165) is 0 Å². The first-order valence-electron chi connectivity index (χ1n) is 4.00. The molecule has 0 heterocycles. The summed E-state index contributed by atoms with van der Waals surface area (Å²) in [6, 6.07) is 6.03. The predicted octanol–water partition coefficient (Wildman–Crippen LogP) is 2.64. The average molecular weight is 244 g/mol. The highest BCUT2D eigenvalue weighted by Gasteiger charge is 2.02. The summed E-state index contributed by atoms with van der Waals surface area (Å²) in [5, 5.41) is 13.8. The maximum absolute atomic E-state index is 11.1. The summed E-state index contributed by atoms with van der Waals surface area (Å²) >= 11 is 11.4. The molecule has 0 saturated carbocycles. The first-order chi connectivity index (χ1) is 7.13.